The molecule has 1 aromatic heterocycles. The molecule has 9 nitrogen and oxygen atoms in total. The van der Waals surface area contributed by atoms with Gasteiger partial charge in [-0.25, -0.2) is 19.1 Å². The summed E-state index contributed by atoms with van der Waals surface area (Å²) in [6.45, 7) is 3.47. The van der Waals surface area contributed by atoms with Gasteiger partial charge in [-0.15, -0.1) is 0 Å². The molecule has 2 N–H and O–H groups in total. The van der Waals surface area contributed by atoms with Gasteiger partial charge in [-0.3, -0.25) is 0 Å². The minimum Gasteiger partial charge on any atom is -0.463 e. The number of urea groups is 1. The molecule has 0 spiro atoms. The first kappa shape index (κ1) is 21.6. The summed E-state index contributed by atoms with van der Waals surface area (Å²) < 4.78 is 12.3. The van der Waals surface area contributed by atoms with Crippen LogP contribution in [0.15, 0.2) is 47.7 Å². The van der Waals surface area contributed by atoms with E-state index >= 15 is 0 Å². The molecule has 4 rings (SSSR count). The molecule has 0 unspecified atom stereocenters. The van der Waals surface area contributed by atoms with Gasteiger partial charge in [0.05, 0.1) is 35.3 Å². The third-order valence-corrected chi connectivity index (χ3v) is 5.43. The summed E-state index contributed by atoms with van der Waals surface area (Å²) in [5.41, 5.74) is 2.38. The zero-order valence-corrected chi connectivity index (χ0v) is 18.1. The fourth-order valence-corrected chi connectivity index (χ4v) is 3.68. The van der Waals surface area contributed by atoms with E-state index in [0.717, 1.165) is 24.2 Å². The SMILES string of the molecule is CCOC(=O)C1=C(COC(=O)c2cc(C3CC3)nn2-c2ccccc2)NC(=O)N[C@@H]1CC. The zero-order valence-electron chi connectivity index (χ0n) is 18.1. The Balaban J connectivity index is 1.60. The third-order valence-electron chi connectivity index (χ3n) is 5.43. The highest BCUT2D eigenvalue weighted by atomic mass is 16.5. The first-order valence-corrected chi connectivity index (χ1v) is 10.8. The van der Waals surface area contributed by atoms with Gasteiger partial charge in [0, 0.05) is 5.92 Å². The third kappa shape index (κ3) is 4.51. The molecule has 2 amide bonds. The van der Waals surface area contributed by atoms with Gasteiger partial charge in [0.1, 0.15) is 6.61 Å². The van der Waals surface area contributed by atoms with E-state index in [-0.39, 0.29) is 24.5 Å². The Hall–Kier alpha value is -3.62. The second-order valence-electron chi connectivity index (χ2n) is 7.72. The van der Waals surface area contributed by atoms with Crippen LogP contribution in [0.25, 0.3) is 5.69 Å². The van der Waals surface area contributed by atoms with Gasteiger partial charge in [0.2, 0.25) is 0 Å². The van der Waals surface area contributed by atoms with Crippen LogP contribution in [0, 0.1) is 0 Å². The predicted molar refractivity (Wildman–Crippen MR) is 115 cm³/mol. The van der Waals surface area contributed by atoms with Crippen molar-refractivity contribution in [1.29, 1.82) is 0 Å². The number of aromatic nitrogens is 2. The number of amides is 2. The van der Waals surface area contributed by atoms with Crippen molar-refractivity contribution >= 4 is 18.0 Å². The summed E-state index contributed by atoms with van der Waals surface area (Å²) in [5.74, 6) is -0.785. The highest BCUT2D eigenvalue weighted by Gasteiger charge is 2.33. The van der Waals surface area contributed by atoms with E-state index in [1.54, 1.807) is 17.7 Å². The number of carbonyl (C=O) groups excluding carboxylic acids is 3. The first-order valence-electron chi connectivity index (χ1n) is 10.8. The summed E-state index contributed by atoms with van der Waals surface area (Å²) in [6, 6.07) is 10.1. The number of carbonyl (C=O) groups is 3. The number of hydrogen-bond acceptors (Lipinski definition) is 6. The highest BCUT2D eigenvalue weighted by molar-refractivity contribution is 5.95. The van der Waals surface area contributed by atoms with Crippen molar-refractivity contribution < 1.29 is 23.9 Å². The Morgan fingerprint density at radius 2 is 1.88 bits per heavy atom. The molecule has 0 saturated heterocycles. The lowest BCUT2D eigenvalue weighted by Crippen LogP contribution is -2.51. The second kappa shape index (κ2) is 9.25. The second-order valence-corrected chi connectivity index (χ2v) is 7.72. The Bertz CT molecular complexity index is 1060. The summed E-state index contributed by atoms with van der Waals surface area (Å²) in [6.07, 6.45) is 2.59. The molecule has 2 aromatic rings. The number of rotatable bonds is 8. The molecule has 9 heteroatoms. The Kier molecular flexibility index (Phi) is 6.25. The molecule has 0 bridgehead atoms. The molecule has 1 aliphatic carbocycles. The summed E-state index contributed by atoms with van der Waals surface area (Å²) in [5, 5.41) is 9.89. The number of nitrogens with zero attached hydrogens (tertiary/aromatic N) is 2. The topological polar surface area (TPSA) is 112 Å². The lowest BCUT2D eigenvalue weighted by Gasteiger charge is -2.28. The fraction of sp³-hybridized carbons (Fsp3) is 0.391. The van der Waals surface area contributed by atoms with Crippen LogP contribution < -0.4 is 10.6 Å². The van der Waals surface area contributed by atoms with Gasteiger partial charge in [-0.1, -0.05) is 25.1 Å². The average molecular weight is 438 g/mol. The molecule has 2 heterocycles. The van der Waals surface area contributed by atoms with E-state index in [0.29, 0.717) is 18.0 Å². The van der Waals surface area contributed by atoms with Gasteiger partial charge in [-0.2, -0.15) is 5.10 Å². The minimum absolute atomic E-state index is 0.194. The van der Waals surface area contributed by atoms with Gasteiger partial charge >= 0.3 is 18.0 Å². The molecule has 1 saturated carbocycles. The van der Waals surface area contributed by atoms with Crippen molar-refractivity contribution in [3.8, 4) is 5.69 Å². The van der Waals surface area contributed by atoms with E-state index in [1.807, 2.05) is 37.3 Å². The number of ether oxygens (including phenoxy) is 2. The lowest BCUT2D eigenvalue weighted by atomic mass is 10.0. The molecule has 0 radical (unpaired) electrons. The maximum atomic E-state index is 13.0. The van der Waals surface area contributed by atoms with Crippen LogP contribution in [0.3, 0.4) is 0 Å². The van der Waals surface area contributed by atoms with Crippen molar-refractivity contribution in [3.63, 3.8) is 0 Å². The number of nitrogens with one attached hydrogen (secondary N) is 2. The maximum Gasteiger partial charge on any atom is 0.357 e. The van der Waals surface area contributed by atoms with E-state index in [1.165, 1.54) is 0 Å². The monoisotopic (exact) mass is 438 g/mol. The Morgan fingerprint density at radius 1 is 1.12 bits per heavy atom. The van der Waals surface area contributed by atoms with Crippen LogP contribution in [0.2, 0.25) is 0 Å². The fourth-order valence-electron chi connectivity index (χ4n) is 3.68. The van der Waals surface area contributed by atoms with Crippen LogP contribution in [-0.2, 0) is 14.3 Å². The van der Waals surface area contributed by atoms with Gasteiger partial charge in [0.15, 0.2) is 5.69 Å². The minimum atomic E-state index is -0.593. The van der Waals surface area contributed by atoms with Crippen molar-refractivity contribution in [1.82, 2.24) is 20.4 Å². The maximum absolute atomic E-state index is 13.0. The summed E-state index contributed by atoms with van der Waals surface area (Å²) >= 11 is 0. The van der Waals surface area contributed by atoms with Crippen molar-refractivity contribution in [2.45, 2.75) is 45.1 Å². The number of benzene rings is 1. The van der Waals surface area contributed by atoms with Crippen LogP contribution in [0.4, 0.5) is 4.79 Å². The van der Waals surface area contributed by atoms with Crippen LogP contribution >= 0.6 is 0 Å². The van der Waals surface area contributed by atoms with Crippen LogP contribution in [0.1, 0.15) is 55.2 Å². The van der Waals surface area contributed by atoms with Crippen LogP contribution in [-0.4, -0.2) is 47.0 Å². The molecule has 1 fully saturated rings. The molecular weight excluding hydrogens is 412 g/mol. The number of para-hydroxylation sites is 1. The first-order chi connectivity index (χ1) is 15.5. The van der Waals surface area contributed by atoms with Crippen molar-refractivity contribution in [3.05, 3.63) is 59.1 Å². The van der Waals surface area contributed by atoms with Crippen molar-refractivity contribution in [2.24, 2.45) is 0 Å². The van der Waals surface area contributed by atoms with Gasteiger partial charge < -0.3 is 20.1 Å². The number of esters is 2. The smallest absolute Gasteiger partial charge is 0.357 e. The average Bonchev–Trinajstić information content (AvgIpc) is 3.55. The van der Waals surface area contributed by atoms with E-state index < -0.39 is 24.0 Å². The predicted octanol–water partition coefficient (Wildman–Crippen LogP) is 2.82. The quantitative estimate of drug-likeness (QED) is 0.613. The van der Waals surface area contributed by atoms with Crippen LogP contribution in [0.5, 0.6) is 0 Å². The molecule has 1 aliphatic heterocycles. The van der Waals surface area contributed by atoms with Gasteiger partial charge in [0.25, 0.3) is 0 Å². The standard InChI is InChI=1S/C23H26N4O5/c1-3-16-20(22(29)31-4-2)18(25-23(30)24-16)13-32-21(28)19-12-17(14-10-11-14)26-27(19)15-8-6-5-7-9-15/h5-9,12,14,16H,3-4,10-11,13H2,1-2H3,(H2,24,25,30)/t16-/m1/s1. The Labute approximate surface area is 185 Å². The van der Waals surface area contributed by atoms with E-state index in [9.17, 15) is 14.4 Å². The molecule has 32 heavy (non-hydrogen) atoms. The summed E-state index contributed by atoms with van der Waals surface area (Å²) in [4.78, 5) is 37.6. The zero-order chi connectivity index (χ0) is 22.7. The Morgan fingerprint density at radius 3 is 2.53 bits per heavy atom. The highest BCUT2D eigenvalue weighted by Crippen LogP contribution is 2.39. The molecule has 2 aliphatic rings. The summed E-state index contributed by atoms with van der Waals surface area (Å²) in [7, 11) is 0. The van der Waals surface area contributed by atoms with Gasteiger partial charge in [-0.05, 0) is 44.4 Å². The molecule has 1 atom stereocenters. The normalized spacial score (nSPS) is 18.1. The van der Waals surface area contributed by atoms with E-state index in [4.69, 9.17) is 9.47 Å². The largest absolute Gasteiger partial charge is 0.463 e. The van der Waals surface area contributed by atoms with Crippen molar-refractivity contribution in [2.75, 3.05) is 13.2 Å². The number of hydrogen-bond donors (Lipinski definition) is 2. The molecular formula is C23H26N4O5. The lowest BCUT2D eigenvalue weighted by molar-refractivity contribution is -0.139. The molecule has 168 valence electrons. The van der Waals surface area contributed by atoms with E-state index in [2.05, 4.69) is 15.7 Å². The molecule has 1 aromatic carbocycles.